The van der Waals surface area contributed by atoms with Gasteiger partial charge in [-0.2, -0.15) is 0 Å². The lowest BCUT2D eigenvalue weighted by atomic mass is 9.86. The fourth-order valence-corrected chi connectivity index (χ4v) is 5.81. The van der Waals surface area contributed by atoms with Gasteiger partial charge in [0.25, 0.3) is 10.0 Å². The molecule has 218 valence electrons. The minimum Gasteiger partial charge on any atom is -0.494 e. The normalized spacial score (nSPS) is 11.5. The van der Waals surface area contributed by atoms with Crippen molar-refractivity contribution in [3.8, 4) is 5.75 Å². The molecule has 4 rings (SSSR count). The Morgan fingerprint density at radius 2 is 1.48 bits per heavy atom. The van der Waals surface area contributed by atoms with Crippen LogP contribution in [0, 0.1) is 6.92 Å². The van der Waals surface area contributed by atoms with Crippen molar-refractivity contribution in [3.05, 3.63) is 119 Å². The van der Waals surface area contributed by atoms with Crippen molar-refractivity contribution in [1.29, 1.82) is 0 Å². The number of ketones is 1. The number of sulfonamides is 1. The maximum Gasteiger partial charge on any atom is 0.264 e. The third-order valence-electron chi connectivity index (χ3n) is 6.75. The van der Waals surface area contributed by atoms with Gasteiger partial charge in [-0.15, -0.1) is 0 Å². The second kappa shape index (κ2) is 12.6. The first-order valence-corrected chi connectivity index (χ1v) is 15.2. The molecule has 0 fully saturated rings. The van der Waals surface area contributed by atoms with Crippen molar-refractivity contribution in [2.75, 3.05) is 22.8 Å². The average molecular weight is 585 g/mol. The van der Waals surface area contributed by atoms with Gasteiger partial charge in [0.2, 0.25) is 5.91 Å². The molecule has 0 aliphatic carbocycles. The summed E-state index contributed by atoms with van der Waals surface area (Å²) in [5.74, 6) is -0.142. The number of nitrogens with one attached hydrogen (secondary N) is 1. The standard InChI is InChI=1S/C34H36N2O5S/c1-6-41-30-18-16-29(17-19-30)36(42(39,40)31-20-10-24(2)11-21-31)23-32(37)35-28-9-7-8-26(22-28)33(38)25-12-14-27(15-13-25)34(3,4)5/h7-22H,6,23H2,1-5H3,(H,35,37). The summed E-state index contributed by atoms with van der Waals surface area (Å²) in [5.41, 5.74) is 3.66. The number of hydrogen-bond donors (Lipinski definition) is 1. The smallest absolute Gasteiger partial charge is 0.264 e. The number of ether oxygens (including phenoxy) is 1. The second-order valence-electron chi connectivity index (χ2n) is 11.0. The first-order chi connectivity index (χ1) is 19.9. The Bertz CT molecular complexity index is 1660. The molecule has 0 aliphatic heterocycles. The Hall–Kier alpha value is -4.43. The summed E-state index contributed by atoms with van der Waals surface area (Å²) in [7, 11) is -4.08. The first-order valence-electron chi connectivity index (χ1n) is 13.8. The third kappa shape index (κ3) is 7.25. The van der Waals surface area contributed by atoms with E-state index < -0.39 is 22.5 Å². The van der Waals surface area contributed by atoms with Gasteiger partial charge in [0.1, 0.15) is 12.3 Å². The van der Waals surface area contributed by atoms with Crippen LogP contribution in [0.2, 0.25) is 0 Å². The molecular weight excluding hydrogens is 548 g/mol. The highest BCUT2D eigenvalue weighted by molar-refractivity contribution is 7.92. The zero-order valence-corrected chi connectivity index (χ0v) is 25.4. The fraction of sp³-hybridized carbons (Fsp3) is 0.235. The molecular formula is C34H36N2O5S. The van der Waals surface area contributed by atoms with Crippen LogP contribution in [0.3, 0.4) is 0 Å². The Morgan fingerprint density at radius 3 is 2.07 bits per heavy atom. The Balaban J connectivity index is 1.57. The number of anilines is 2. The maximum absolute atomic E-state index is 13.7. The van der Waals surface area contributed by atoms with Crippen LogP contribution in [0.4, 0.5) is 11.4 Å². The number of carbonyl (C=O) groups is 2. The van der Waals surface area contributed by atoms with Crippen LogP contribution in [-0.4, -0.2) is 33.3 Å². The Labute approximate surface area is 248 Å². The van der Waals surface area contributed by atoms with Crippen molar-refractivity contribution in [1.82, 2.24) is 0 Å². The lowest BCUT2D eigenvalue weighted by molar-refractivity contribution is -0.114. The van der Waals surface area contributed by atoms with E-state index in [0.717, 1.165) is 15.4 Å². The zero-order valence-electron chi connectivity index (χ0n) is 24.5. The van der Waals surface area contributed by atoms with Crippen molar-refractivity contribution >= 4 is 33.1 Å². The highest BCUT2D eigenvalue weighted by atomic mass is 32.2. The van der Waals surface area contributed by atoms with E-state index in [1.54, 1.807) is 72.8 Å². The van der Waals surface area contributed by atoms with Gasteiger partial charge >= 0.3 is 0 Å². The molecule has 8 heteroatoms. The maximum atomic E-state index is 13.7. The van der Waals surface area contributed by atoms with E-state index in [2.05, 4.69) is 26.1 Å². The SMILES string of the molecule is CCOc1ccc(N(CC(=O)Nc2cccc(C(=O)c3ccc(C(C)(C)C)cc3)c2)S(=O)(=O)c2ccc(C)cc2)cc1. The summed E-state index contributed by atoms with van der Waals surface area (Å²) < 4.78 is 34.0. The molecule has 7 nitrogen and oxygen atoms in total. The van der Waals surface area contributed by atoms with Crippen LogP contribution in [0.5, 0.6) is 5.75 Å². The molecule has 4 aromatic carbocycles. The second-order valence-corrected chi connectivity index (χ2v) is 12.9. The number of benzene rings is 4. The van der Waals surface area contributed by atoms with Gasteiger partial charge in [-0.1, -0.05) is 74.9 Å². The molecule has 0 atom stereocenters. The van der Waals surface area contributed by atoms with E-state index in [9.17, 15) is 18.0 Å². The first kappa shape index (κ1) is 30.5. The predicted molar refractivity (Wildman–Crippen MR) is 167 cm³/mol. The minimum atomic E-state index is -4.08. The number of rotatable bonds is 10. The quantitative estimate of drug-likeness (QED) is 0.208. The van der Waals surface area contributed by atoms with Crippen LogP contribution in [-0.2, 0) is 20.2 Å². The Morgan fingerprint density at radius 1 is 0.833 bits per heavy atom. The van der Waals surface area contributed by atoms with Gasteiger partial charge in [0, 0.05) is 16.8 Å². The molecule has 0 saturated carbocycles. The summed E-state index contributed by atoms with van der Waals surface area (Å²) in [5, 5.41) is 2.76. The Kier molecular flexibility index (Phi) is 9.17. The molecule has 0 radical (unpaired) electrons. The highest BCUT2D eigenvalue weighted by Gasteiger charge is 2.27. The van der Waals surface area contributed by atoms with Crippen molar-refractivity contribution < 1.29 is 22.7 Å². The molecule has 0 unspecified atom stereocenters. The summed E-state index contributed by atoms with van der Waals surface area (Å²) >= 11 is 0. The molecule has 0 bridgehead atoms. The molecule has 0 heterocycles. The van der Waals surface area contributed by atoms with Gasteiger partial charge in [-0.05, 0) is 73.4 Å². The van der Waals surface area contributed by atoms with Crippen molar-refractivity contribution in [2.45, 2.75) is 44.9 Å². The molecule has 1 amide bonds. The minimum absolute atomic E-state index is 0.0298. The lowest BCUT2D eigenvalue weighted by Gasteiger charge is -2.24. The molecule has 0 saturated heterocycles. The van der Waals surface area contributed by atoms with Gasteiger partial charge < -0.3 is 10.1 Å². The predicted octanol–water partition coefficient (Wildman–Crippen LogP) is 6.76. The zero-order chi connectivity index (χ0) is 30.5. The van der Waals surface area contributed by atoms with E-state index in [-0.39, 0.29) is 16.1 Å². The molecule has 42 heavy (non-hydrogen) atoms. The molecule has 0 aliphatic rings. The topological polar surface area (TPSA) is 92.8 Å². The van der Waals surface area contributed by atoms with Crippen LogP contribution < -0.4 is 14.4 Å². The van der Waals surface area contributed by atoms with Crippen molar-refractivity contribution in [2.24, 2.45) is 0 Å². The summed E-state index contributed by atoms with van der Waals surface area (Å²) in [6, 6.07) is 27.1. The summed E-state index contributed by atoms with van der Waals surface area (Å²) in [4.78, 5) is 26.5. The van der Waals surface area contributed by atoms with E-state index in [1.807, 2.05) is 26.0 Å². The van der Waals surface area contributed by atoms with Crippen LogP contribution in [0.25, 0.3) is 0 Å². The summed E-state index contributed by atoms with van der Waals surface area (Å²) in [6.45, 7) is 10.1. The van der Waals surface area contributed by atoms with E-state index >= 15 is 0 Å². The lowest BCUT2D eigenvalue weighted by Crippen LogP contribution is -2.38. The number of carbonyl (C=O) groups excluding carboxylic acids is 2. The van der Waals surface area contributed by atoms with E-state index in [1.165, 1.54) is 12.1 Å². The number of nitrogens with zero attached hydrogens (tertiary/aromatic N) is 1. The molecule has 1 N–H and O–H groups in total. The van der Waals surface area contributed by atoms with Crippen LogP contribution in [0.1, 0.15) is 54.7 Å². The highest BCUT2D eigenvalue weighted by Crippen LogP contribution is 2.27. The molecule has 4 aromatic rings. The van der Waals surface area contributed by atoms with Gasteiger partial charge in [0.05, 0.1) is 17.2 Å². The third-order valence-corrected chi connectivity index (χ3v) is 8.54. The van der Waals surface area contributed by atoms with Gasteiger partial charge in [-0.25, -0.2) is 8.42 Å². The molecule has 0 spiro atoms. The number of hydrogen-bond acceptors (Lipinski definition) is 5. The number of aryl methyl sites for hydroxylation is 1. The van der Waals surface area contributed by atoms with Crippen LogP contribution in [0.15, 0.2) is 102 Å². The largest absolute Gasteiger partial charge is 0.494 e. The van der Waals surface area contributed by atoms with E-state index in [4.69, 9.17) is 4.74 Å². The number of amides is 1. The van der Waals surface area contributed by atoms with Gasteiger partial charge in [-0.3, -0.25) is 13.9 Å². The molecule has 0 aromatic heterocycles. The van der Waals surface area contributed by atoms with Crippen LogP contribution >= 0.6 is 0 Å². The monoisotopic (exact) mass is 584 g/mol. The fourth-order valence-electron chi connectivity index (χ4n) is 4.39. The van der Waals surface area contributed by atoms with Crippen molar-refractivity contribution in [3.63, 3.8) is 0 Å². The van der Waals surface area contributed by atoms with Gasteiger partial charge in [0.15, 0.2) is 5.78 Å². The van der Waals surface area contributed by atoms with E-state index in [0.29, 0.717) is 34.9 Å². The average Bonchev–Trinajstić information content (AvgIpc) is 2.96. The summed E-state index contributed by atoms with van der Waals surface area (Å²) in [6.07, 6.45) is 0.